The highest BCUT2D eigenvalue weighted by molar-refractivity contribution is 5.94. The van der Waals surface area contributed by atoms with E-state index in [0.717, 1.165) is 11.3 Å². The molecule has 0 saturated carbocycles. The molecule has 5 nitrogen and oxygen atoms in total. The van der Waals surface area contributed by atoms with Gasteiger partial charge in [-0.15, -0.1) is 0 Å². The Hall–Kier alpha value is -2.04. The molecule has 5 heteroatoms. The minimum absolute atomic E-state index is 0.0516. The van der Waals surface area contributed by atoms with Crippen LogP contribution in [0.2, 0.25) is 0 Å². The Morgan fingerprint density at radius 2 is 2.20 bits per heavy atom. The number of amides is 2. The Kier molecular flexibility index (Phi) is 4.61. The lowest BCUT2D eigenvalue weighted by atomic mass is 10.1. The van der Waals surface area contributed by atoms with Crippen molar-refractivity contribution in [3.8, 4) is 5.75 Å². The van der Waals surface area contributed by atoms with Gasteiger partial charge >= 0.3 is 0 Å². The highest BCUT2D eigenvalue weighted by atomic mass is 16.5. The predicted octanol–water partition coefficient (Wildman–Crippen LogP) is 1.11. The van der Waals surface area contributed by atoms with Gasteiger partial charge in [0, 0.05) is 0 Å². The van der Waals surface area contributed by atoms with Gasteiger partial charge in [-0.25, -0.2) is 0 Å². The highest BCUT2D eigenvalue weighted by Crippen LogP contribution is 2.13. The van der Waals surface area contributed by atoms with E-state index in [1.54, 1.807) is 4.90 Å². The first kappa shape index (κ1) is 14.4. The molecule has 2 rings (SSSR count). The van der Waals surface area contributed by atoms with E-state index in [4.69, 9.17) is 4.74 Å². The minimum atomic E-state index is -0.377. The van der Waals surface area contributed by atoms with Gasteiger partial charge in [0.2, 0.25) is 11.8 Å². The van der Waals surface area contributed by atoms with Crippen LogP contribution in [0.15, 0.2) is 24.3 Å². The second-order valence-electron chi connectivity index (χ2n) is 4.89. The average molecular weight is 276 g/mol. The number of rotatable bonds is 5. The molecule has 1 aliphatic heterocycles. The zero-order chi connectivity index (χ0) is 14.5. The zero-order valence-electron chi connectivity index (χ0n) is 11.9. The maximum atomic E-state index is 11.9. The van der Waals surface area contributed by atoms with Gasteiger partial charge in [-0.05, 0) is 31.0 Å². The van der Waals surface area contributed by atoms with Crippen molar-refractivity contribution in [2.24, 2.45) is 0 Å². The van der Waals surface area contributed by atoms with E-state index in [0.29, 0.717) is 19.6 Å². The fourth-order valence-corrected chi connectivity index (χ4v) is 2.35. The maximum Gasteiger partial charge on any atom is 0.243 e. The summed E-state index contributed by atoms with van der Waals surface area (Å²) >= 11 is 0. The van der Waals surface area contributed by atoms with E-state index in [2.05, 4.69) is 5.32 Å². The molecule has 1 atom stereocenters. The molecule has 0 radical (unpaired) electrons. The third kappa shape index (κ3) is 3.29. The monoisotopic (exact) mass is 276 g/mol. The Balaban J connectivity index is 1.91. The first-order valence-corrected chi connectivity index (χ1v) is 6.88. The summed E-state index contributed by atoms with van der Waals surface area (Å²) in [5.74, 6) is 0.652. The topological polar surface area (TPSA) is 58.6 Å². The Labute approximate surface area is 118 Å². The molecular formula is C15H20N2O3. The van der Waals surface area contributed by atoms with Crippen LogP contribution < -0.4 is 10.1 Å². The van der Waals surface area contributed by atoms with Gasteiger partial charge in [0.05, 0.1) is 13.1 Å². The smallest absolute Gasteiger partial charge is 0.243 e. The van der Waals surface area contributed by atoms with Crippen molar-refractivity contribution < 1.29 is 14.3 Å². The first-order chi connectivity index (χ1) is 9.61. The van der Waals surface area contributed by atoms with Crippen molar-refractivity contribution in [3.63, 3.8) is 0 Å². The van der Waals surface area contributed by atoms with Crippen LogP contribution >= 0.6 is 0 Å². The molecule has 20 heavy (non-hydrogen) atoms. The summed E-state index contributed by atoms with van der Waals surface area (Å²) in [6, 6.07) is 7.38. The molecule has 1 N–H and O–H groups in total. The lowest BCUT2D eigenvalue weighted by Gasteiger charge is -2.34. The molecule has 1 saturated heterocycles. The molecular weight excluding hydrogens is 256 g/mol. The normalized spacial score (nSPS) is 18.9. The quantitative estimate of drug-likeness (QED) is 0.876. The number of ether oxygens (including phenoxy) is 1. The number of benzene rings is 1. The number of aryl methyl sites for hydroxylation is 1. The summed E-state index contributed by atoms with van der Waals surface area (Å²) in [5.41, 5.74) is 1.13. The molecule has 0 aliphatic carbocycles. The largest absolute Gasteiger partial charge is 0.492 e. The van der Waals surface area contributed by atoms with Gasteiger partial charge in [0.15, 0.2) is 0 Å². The van der Waals surface area contributed by atoms with Crippen LogP contribution in [0, 0.1) is 6.92 Å². The van der Waals surface area contributed by atoms with Crippen LogP contribution in [0.3, 0.4) is 0 Å². The third-order valence-corrected chi connectivity index (χ3v) is 3.39. The maximum absolute atomic E-state index is 11.9. The van der Waals surface area contributed by atoms with Crippen molar-refractivity contribution in [2.45, 2.75) is 26.3 Å². The number of carbonyl (C=O) groups is 2. The number of nitrogens with one attached hydrogen (secondary N) is 1. The second kappa shape index (κ2) is 6.41. The van der Waals surface area contributed by atoms with Crippen LogP contribution in [0.4, 0.5) is 0 Å². The molecule has 1 unspecified atom stereocenters. The fourth-order valence-electron chi connectivity index (χ4n) is 2.35. The molecule has 0 aromatic heterocycles. The Morgan fingerprint density at radius 3 is 2.90 bits per heavy atom. The molecule has 108 valence electrons. The van der Waals surface area contributed by atoms with Crippen molar-refractivity contribution in [3.05, 3.63) is 29.8 Å². The number of hydrogen-bond acceptors (Lipinski definition) is 3. The fraction of sp³-hybridized carbons (Fsp3) is 0.467. The molecule has 0 bridgehead atoms. The third-order valence-electron chi connectivity index (χ3n) is 3.39. The van der Waals surface area contributed by atoms with E-state index in [1.165, 1.54) is 0 Å². The van der Waals surface area contributed by atoms with Gasteiger partial charge in [0.1, 0.15) is 18.4 Å². The van der Waals surface area contributed by atoms with E-state index >= 15 is 0 Å². The van der Waals surface area contributed by atoms with Gasteiger partial charge in [-0.2, -0.15) is 0 Å². The summed E-state index contributed by atoms with van der Waals surface area (Å²) in [7, 11) is 0. The lowest BCUT2D eigenvalue weighted by Crippen LogP contribution is -2.58. The van der Waals surface area contributed by atoms with Crippen LogP contribution in [0.25, 0.3) is 0 Å². The van der Waals surface area contributed by atoms with Gasteiger partial charge < -0.3 is 15.0 Å². The number of piperazine rings is 1. The van der Waals surface area contributed by atoms with E-state index in [-0.39, 0.29) is 24.4 Å². The lowest BCUT2D eigenvalue weighted by molar-refractivity contribution is -0.146. The van der Waals surface area contributed by atoms with E-state index < -0.39 is 0 Å². The predicted molar refractivity (Wildman–Crippen MR) is 75.5 cm³/mol. The molecule has 1 heterocycles. The van der Waals surface area contributed by atoms with E-state index in [9.17, 15) is 9.59 Å². The summed E-state index contributed by atoms with van der Waals surface area (Å²) in [6.45, 7) is 4.80. The van der Waals surface area contributed by atoms with Gasteiger partial charge in [-0.3, -0.25) is 9.59 Å². The van der Waals surface area contributed by atoms with Gasteiger partial charge in [-0.1, -0.05) is 19.1 Å². The van der Waals surface area contributed by atoms with Crippen molar-refractivity contribution >= 4 is 11.8 Å². The summed E-state index contributed by atoms with van der Waals surface area (Å²) in [5, 5.41) is 2.61. The minimum Gasteiger partial charge on any atom is -0.492 e. The van der Waals surface area contributed by atoms with Crippen molar-refractivity contribution in [1.82, 2.24) is 10.2 Å². The van der Waals surface area contributed by atoms with Crippen LogP contribution in [-0.2, 0) is 9.59 Å². The summed E-state index contributed by atoms with van der Waals surface area (Å²) in [6.07, 6.45) is 0.613. The number of nitrogens with zero attached hydrogens (tertiary/aromatic N) is 1. The summed E-state index contributed by atoms with van der Waals surface area (Å²) < 4.78 is 5.64. The van der Waals surface area contributed by atoms with Crippen LogP contribution in [0.1, 0.15) is 18.9 Å². The zero-order valence-corrected chi connectivity index (χ0v) is 11.9. The standard InChI is InChI=1S/C15H20N2O3/c1-3-13-15(19)16-10-14(18)17(13)7-8-20-12-6-4-5-11(2)9-12/h4-6,9,13H,3,7-8,10H2,1-2H3,(H,16,19). The first-order valence-electron chi connectivity index (χ1n) is 6.88. The van der Waals surface area contributed by atoms with Crippen LogP contribution in [-0.4, -0.2) is 42.5 Å². The average Bonchev–Trinajstić information content (AvgIpc) is 2.43. The van der Waals surface area contributed by atoms with Crippen molar-refractivity contribution in [2.75, 3.05) is 19.7 Å². The van der Waals surface area contributed by atoms with Crippen LogP contribution in [0.5, 0.6) is 5.75 Å². The Bertz CT molecular complexity index is 502. The molecule has 0 spiro atoms. The molecule has 1 aromatic carbocycles. The number of hydrogen-bond donors (Lipinski definition) is 1. The van der Waals surface area contributed by atoms with Crippen molar-refractivity contribution in [1.29, 1.82) is 0 Å². The molecule has 2 amide bonds. The molecule has 1 aromatic rings. The summed E-state index contributed by atoms with van der Waals surface area (Å²) in [4.78, 5) is 25.2. The Morgan fingerprint density at radius 1 is 1.40 bits per heavy atom. The highest BCUT2D eigenvalue weighted by Gasteiger charge is 2.32. The molecule has 1 fully saturated rings. The second-order valence-corrected chi connectivity index (χ2v) is 4.89. The SMILES string of the molecule is CCC1C(=O)NCC(=O)N1CCOc1cccc(C)c1. The number of carbonyl (C=O) groups excluding carboxylic acids is 2. The molecule has 1 aliphatic rings. The van der Waals surface area contributed by atoms with E-state index in [1.807, 2.05) is 38.1 Å². The van der Waals surface area contributed by atoms with Gasteiger partial charge in [0.25, 0.3) is 0 Å².